The Balaban J connectivity index is 1.90. The minimum Gasteiger partial charge on any atom is -0.497 e. The van der Waals surface area contributed by atoms with Crippen molar-refractivity contribution in [3.8, 4) is 11.5 Å². The molecule has 0 radical (unpaired) electrons. The lowest BCUT2D eigenvalue weighted by Crippen LogP contribution is -2.36. The maximum absolute atomic E-state index is 13.0. The van der Waals surface area contributed by atoms with Crippen LogP contribution in [0.25, 0.3) is 0 Å². The summed E-state index contributed by atoms with van der Waals surface area (Å²) in [5, 5.41) is 1.27. The SMILES string of the molecule is COc1ccc(C2=N[C@H](c3ccc(Cl)cc3)[C@H](c3ccc(Cl)cc3)N2C(C)=O)c(OC)c1. The maximum Gasteiger partial charge on any atom is 0.225 e. The minimum atomic E-state index is -0.354. The van der Waals surface area contributed by atoms with Gasteiger partial charge in [-0.1, -0.05) is 47.5 Å². The van der Waals surface area contributed by atoms with Crippen molar-refractivity contribution < 1.29 is 14.3 Å². The first-order valence-electron chi connectivity index (χ1n) is 10.0. The summed E-state index contributed by atoms with van der Waals surface area (Å²) in [4.78, 5) is 19.7. The molecule has 0 bridgehead atoms. The van der Waals surface area contributed by atoms with Gasteiger partial charge in [-0.25, -0.2) is 0 Å². The molecule has 0 aromatic heterocycles. The van der Waals surface area contributed by atoms with Gasteiger partial charge in [0.2, 0.25) is 5.91 Å². The third-order valence-corrected chi connectivity index (χ3v) is 5.98. The Hall–Kier alpha value is -3.02. The maximum atomic E-state index is 13.0. The highest BCUT2D eigenvalue weighted by Gasteiger charge is 2.41. The van der Waals surface area contributed by atoms with Gasteiger partial charge in [-0.2, -0.15) is 0 Å². The Kier molecular flexibility index (Phi) is 6.40. The number of hydrogen-bond acceptors (Lipinski definition) is 4. The number of rotatable bonds is 5. The Morgan fingerprint density at radius 2 is 1.47 bits per heavy atom. The number of carbonyl (C=O) groups excluding carboxylic acids is 1. The summed E-state index contributed by atoms with van der Waals surface area (Å²) in [6.45, 7) is 1.54. The normalized spacial score (nSPS) is 17.8. The van der Waals surface area contributed by atoms with E-state index in [1.54, 1.807) is 32.1 Å². The molecule has 2 atom stereocenters. The van der Waals surface area contributed by atoms with Crippen LogP contribution in [0.5, 0.6) is 11.5 Å². The van der Waals surface area contributed by atoms with Crippen molar-refractivity contribution in [2.45, 2.75) is 19.0 Å². The summed E-state index contributed by atoms with van der Waals surface area (Å²) in [6, 6.07) is 19.8. The van der Waals surface area contributed by atoms with Crippen LogP contribution in [0.1, 0.15) is 35.7 Å². The van der Waals surface area contributed by atoms with E-state index in [2.05, 4.69) is 0 Å². The van der Waals surface area contributed by atoms with E-state index >= 15 is 0 Å². The number of carbonyl (C=O) groups is 1. The molecule has 3 aromatic rings. The topological polar surface area (TPSA) is 51.1 Å². The van der Waals surface area contributed by atoms with E-state index in [0.29, 0.717) is 32.9 Å². The number of methoxy groups -OCH3 is 2. The standard InChI is InChI=1S/C25H22Cl2N2O3/c1-15(30)29-24(17-6-10-19(27)11-7-17)23(16-4-8-18(26)9-5-16)28-25(29)21-13-12-20(31-2)14-22(21)32-3/h4-14,23-24H,1-3H3/t23-,24+/m1/s1. The molecule has 7 heteroatoms. The van der Waals surface area contributed by atoms with Crippen molar-refractivity contribution in [3.05, 3.63) is 93.5 Å². The van der Waals surface area contributed by atoms with Gasteiger partial charge in [0.1, 0.15) is 23.4 Å². The van der Waals surface area contributed by atoms with Crippen LogP contribution in [-0.2, 0) is 4.79 Å². The Bertz CT molecular complexity index is 1160. The zero-order chi connectivity index (χ0) is 22.8. The summed E-state index contributed by atoms with van der Waals surface area (Å²) < 4.78 is 10.9. The van der Waals surface area contributed by atoms with Gasteiger partial charge in [0.25, 0.3) is 0 Å². The van der Waals surface area contributed by atoms with Gasteiger partial charge < -0.3 is 9.47 Å². The van der Waals surface area contributed by atoms with Gasteiger partial charge in [0.15, 0.2) is 0 Å². The van der Waals surface area contributed by atoms with Gasteiger partial charge >= 0.3 is 0 Å². The van der Waals surface area contributed by atoms with Crippen molar-refractivity contribution in [1.29, 1.82) is 0 Å². The third kappa shape index (κ3) is 4.18. The van der Waals surface area contributed by atoms with Crippen LogP contribution in [0.2, 0.25) is 10.0 Å². The van der Waals surface area contributed by atoms with Gasteiger partial charge in [0, 0.05) is 23.0 Å². The number of aliphatic imine (C=N–C) groups is 1. The van der Waals surface area contributed by atoms with Crippen LogP contribution in [0.4, 0.5) is 0 Å². The van der Waals surface area contributed by atoms with E-state index in [1.807, 2.05) is 60.7 Å². The molecule has 0 fully saturated rings. The Morgan fingerprint density at radius 1 is 0.875 bits per heavy atom. The second-order valence-corrected chi connectivity index (χ2v) is 8.27. The molecule has 0 saturated heterocycles. The fourth-order valence-corrected chi connectivity index (χ4v) is 4.23. The first-order chi connectivity index (χ1) is 15.4. The lowest BCUT2D eigenvalue weighted by atomic mass is 9.93. The quantitative estimate of drug-likeness (QED) is 0.454. The Labute approximate surface area is 197 Å². The number of benzene rings is 3. The molecule has 0 spiro atoms. The first-order valence-corrected chi connectivity index (χ1v) is 10.8. The number of hydrogen-bond donors (Lipinski definition) is 0. The molecular formula is C25H22Cl2N2O3. The summed E-state index contributed by atoms with van der Waals surface area (Å²) in [5.74, 6) is 1.64. The molecule has 0 aliphatic carbocycles. The number of amidine groups is 1. The molecule has 0 N–H and O–H groups in total. The van der Waals surface area contributed by atoms with Crippen LogP contribution in [0.15, 0.2) is 71.7 Å². The van der Waals surface area contributed by atoms with E-state index in [0.717, 1.165) is 11.1 Å². The van der Waals surface area contributed by atoms with E-state index in [9.17, 15) is 4.79 Å². The first kappa shape index (κ1) is 22.2. The largest absolute Gasteiger partial charge is 0.497 e. The molecule has 1 aliphatic rings. The average molecular weight is 469 g/mol. The van der Waals surface area contributed by atoms with E-state index < -0.39 is 0 Å². The van der Waals surface area contributed by atoms with Crippen molar-refractivity contribution in [2.75, 3.05) is 14.2 Å². The van der Waals surface area contributed by atoms with Crippen molar-refractivity contribution in [1.82, 2.24) is 4.90 Å². The lowest BCUT2D eigenvalue weighted by Gasteiger charge is -2.29. The predicted octanol–water partition coefficient (Wildman–Crippen LogP) is 6.10. The molecule has 3 aromatic carbocycles. The summed E-state index contributed by atoms with van der Waals surface area (Å²) in [6.07, 6.45) is 0. The molecule has 164 valence electrons. The molecule has 5 nitrogen and oxygen atoms in total. The Morgan fingerprint density at radius 3 is 2.00 bits per heavy atom. The van der Waals surface area contributed by atoms with Crippen molar-refractivity contribution in [3.63, 3.8) is 0 Å². The van der Waals surface area contributed by atoms with Crippen LogP contribution < -0.4 is 9.47 Å². The third-order valence-electron chi connectivity index (χ3n) is 5.48. The molecule has 4 rings (SSSR count). The van der Waals surface area contributed by atoms with Crippen LogP contribution in [-0.4, -0.2) is 30.9 Å². The second-order valence-electron chi connectivity index (χ2n) is 7.40. The summed E-state index contributed by atoms with van der Waals surface area (Å²) in [7, 11) is 3.18. The smallest absolute Gasteiger partial charge is 0.225 e. The van der Waals surface area contributed by atoms with Crippen LogP contribution >= 0.6 is 23.2 Å². The highest BCUT2D eigenvalue weighted by Crippen LogP contribution is 2.45. The second kappa shape index (κ2) is 9.23. The van der Waals surface area contributed by atoms with E-state index in [4.69, 9.17) is 37.7 Å². The minimum absolute atomic E-state index is 0.127. The summed E-state index contributed by atoms with van der Waals surface area (Å²) in [5.41, 5.74) is 2.58. The zero-order valence-corrected chi connectivity index (χ0v) is 19.4. The van der Waals surface area contributed by atoms with Crippen LogP contribution in [0.3, 0.4) is 0 Å². The van der Waals surface area contributed by atoms with Gasteiger partial charge in [-0.15, -0.1) is 0 Å². The average Bonchev–Trinajstić information content (AvgIpc) is 3.20. The van der Waals surface area contributed by atoms with Gasteiger partial charge in [0.05, 0.1) is 25.8 Å². The van der Waals surface area contributed by atoms with Crippen molar-refractivity contribution in [2.24, 2.45) is 4.99 Å². The molecule has 0 unspecified atom stereocenters. The van der Waals surface area contributed by atoms with E-state index in [1.165, 1.54) is 0 Å². The monoisotopic (exact) mass is 468 g/mol. The van der Waals surface area contributed by atoms with Crippen molar-refractivity contribution >= 4 is 34.9 Å². The van der Waals surface area contributed by atoms with Gasteiger partial charge in [-0.3, -0.25) is 14.7 Å². The lowest BCUT2D eigenvalue weighted by molar-refractivity contribution is -0.126. The highest BCUT2D eigenvalue weighted by molar-refractivity contribution is 6.30. The number of nitrogens with zero attached hydrogens (tertiary/aromatic N) is 2. The van der Waals surface area contributed by atoms with Crippen LogP contribution in [0, 0.1) is 0 Å². The predicted molar refractivity (Wildman–Crippen MR) is 127 cm³/mol. The summed E-state index contributed by atoms with van der Waals surface area (Å²) >= 11 is 12.2. The molecular weight excluding hydrogens is 447 g/mol. The zero-order valence-electron chi connectivity index (χ0n) is 17.9. The number of amides is 1. The molecule has 1 aliphatic heterocycles. The van der Waals surface area contributed by atoms with Gasteiger partial charge in [-0.05, 0) is 47.5 Å². The molecule has 1 heterocycles. The molecule has 1 amide bonds. The number of ether oxygens (including phenoxy) is 2. The number of halogens is 2. The molecule has 0 saturated carbocycles. The highest BCUT2D eigenvalue weighted by atomic mass is 35.5. The van der Waals surface area contributed by atoms with E-state index in [-0.39, 0.29) is 18.0 Å². The fourth-order valence-electron chi connectivity index (χ4n) is 3.97. The fraction of sp³-hybridized carbons (Fsp3) is 0.200. The molecule has 32 heavy (non-hydrogen) atoms.